The lowest BCUT2D eigenvalue weighted by Crippen LogP contribution is -2.28. The van der Waals surface area contributed by atoms with E-state index in [9.17, 15) is 18.8 Å². The van der Waals surface area contributed by atoms with E-state index in [0.29, 0.717) is 34.1 Å². The Morgan fingerprint density at radius 3 is 2.57 bits per heavy atom. The van der Waals surface area contributed by atoms with Gasteiger partial charge in [0, 0.05) is 41.9 Å². The van der Waals surface area contributed by atoms with E-state index in [1.165, 1.54) is 29.0 Å². The van der Waals surface area contributed by atoms with E-state index in [2.05, 4.69) is 23.2 Å². The highest BCUT2D eigenvalue weighted by atomic mass is 19.1. The average molecular weight is 475 g/mol. The number of amides is 1. The lowest BCUT2D eigenvalue weighted by Gasteiger charge is -2.25. The molecule has 2 aliphatic rings. The van der Waals surface area contributed by atoms with Gasteiger partial charge >= 0.3 is 11.9 Å². The number of nitrogens with one attached hydrogen (secondary N) is 1. The van der Waals surface area contributed by atoms with E-state index in [-0.39, 0.29) is 5.88 Å². The van der Waals surface area contributed by atoms with Crippen LogP contribution in [0.3, 0.4) is 0 Å². The zero-order chi connectivity index (χ0) is 24.5. The predicted octanol–water partition coefficient (Wildman–Crippen LogP) is 3.57. The van der Waals surface area contributed by atoms with Crippen LogP contribution in [0.2, 0.25) is 0 Å². The Morgan fingerprint density at radius 2 is 1.86 bits per heavy atom. The number of halogens is 1. The molecule has 3 heterocycles. The maximum atomic E-state index is 13.2. The highest BCUT2D eigenvalue weighted by molar-refractivity contribution is 6.07. The monoisotopic (exact) mass is 475 g/mol. The van der Waals surface area contributed by atoms with Crippen LogP contribution >= 0.6 is 0 Å². The number of likely N-dealkylation sites (N-methyl/N-ethyl adjacent to an activating group) is 1. The van der Waals surface area contributed by atoms with Crippen LogP contribution in [-0.2, 0) is 9.59 Å². The molecular weight excluding hydrogens is 453 g/mol. The minimum atomic E-state index is -0.713. The number of ether oxygens (including phenoxy) is 1. The molecule has 8 nitrogen and oxygen atoms in total. The second-order valence-electron chi connectivity index (χ2n) is 8.20. The number of fused-ring (bicyclic) bond motifs is 3. The molecule has 0 spiro atoms. The van der Waals surface area contributed by atoms with Crippen LogP contribution in [0.1, 0.15) is 29.3 Å². The van der Waals surface area contributed by atoms with Crippen molar-refractivity contribution in [3.8, 4) is 5.88 Å². The number of hydrogen-bond donors (Lipinski definition) is 1. The molecule has 0 atom stereocenters. The Labute approximate surface area is 200 Å². The zero-order valence-corrected chi connectivity index (χ0v) is 18.9. The molecule has 0 saturated heterocycles. The van der Waals surface area contributed by atoms with E-state index >= 15 is 0 Å². The fourth-order valence-corrected chi connectivity index (χ4v) is 4.23. The van der Waals surface area contributed by atoms with Crippen molar-refractivity contribution < 1.29 is 28.3 Å². The standard InChI is InChI=1S/C26H22FN3O5/c1-2-29-13-11-16(12-14-29)24-20-15-19(28-25(33)17-3-5-18(27)6-4-17)7-8-21(20)30-26(24)34-22(31)9-10-23(32)35-30/h3-11,15H,2,12-14H2,1H3,(H,28,33)/b10-9+. The highest BCUT2D eigenvalue weighted by Crippen LogP contribution is 2.40. The number of rotatable bonds is 4. The quantitative estimate of drug-likeness (QED) is 0.581. The molecule has 178 valence electrons. The summed E-state index contributed by atoms with van der Waals surface area (Å²) in [6.45, 7) is 4.55. The van der Waals surface area contributed by atoms with Gasteiger partial charge in [0.2, 0.25) is 5.88 Å². The second kappa shape index (κ2) is 9.19. The normalized spacial score (nSPS) is 17.0. The van der Waals surface area contributed by atoms with Crippen molar-refractivity contribution in [3.63, 3.8) is 0 Å². The maximum absolute atomic E-state index is 13.2. The summed E-state index contributed by atoms with van der Waals surface area (Å²) in [5, 5.41) is 3.46. The van der Waals surface area contributed by atoms with Crippen LogP contribution in [0, 0.1) is 5.82 Å². The summed E-state index contributed by atoms with van der Waals surface area (Å²) in [5.41, 5.74) is 2.87. The van der Waals surface area contributed by atoms with Crippen molar-refractivity contribution >= 4 is 40.0 Å². The Bertz CT molecular complexity index is 1400. The van der Waals surface area contributed by atoms with E-state index in [1.54, 1.807) is 18.2 Å². The number of carbonyl (C=O) groups is 3. The molecule has 0 unspecified atom stereocenters. The van der Waals surface area contributed by atoms with Gasteiger partial charge in [0.1, 0.15) is 5.82 Å². The number of carbonyl (C=O) groups excluding carboxylic acids is 3. The third kappa shape index (κ3) is 4.45. The number of aromatic nitrogens is 1. The zero-order valence-electron chi connectivity index (χ0n) is 18.9. The largest absolute Gasteiger partial charge is 0.402 e. The molecular formula is C26H22FN3O5. The van der Waals surface area contributed by atoms with Crippen molar-refractivity contribution in [2.75, 3.05) is 25.0 Å². The van der Waals surface area contributed by atoms with Crippen LogP contribution in [0.25, 0.3) is 16.5 Å². The topological polar surface area (TPSA) is 89.9 Å². The van der Waals surface area contributed by atoms with Gasteiger partial charge in [0.25, 0.3) is 5.91 Å². The first kappa shape index (κ1) is 22.5. The van der Waals surface area contributed by atoms with Crippen molar-refractivity contribution in [1.29, 1.82) is 0 Å². The molecule has 1 aromatic heterocycles. The van der Waals surface area contributed by atoms with Gasteiger partial charge in [-0.15, -0.1) is 4.73 Å². The molecule has 0 radical (unpaired) electrons. The molecule has 0 bridgehead atoms. The van der Waals surface area contributed by atoms with Crippen molar-refractivity contribution in [2.24, 2.45) is 0 Å². The maximum Gasteiger partial charge on any atom is 0.356 e. The number of benzene rings is 2. The van der Waals surface area contributed by atoms with Gasteiger partial charge in [-0.05, 0) is 61.0 Å². The first-order valence-corrected chi connectivity index (χ1v) is 11.2. The van der Waals surface area contributed by atoms with Crippen LogP contribution in [-0.4, -0.2) is 47.1 Å². The lowest BCUT2D eigenvalue weighted by molar-refractivity contribution is -0.142. The predicted molar refractivity (Wildman–Crippen MR) is 127 cm³/mol. The molecule has 0 saturated carbocycles. The fourth-order valence-electron chi connectivity index (χ4n) is 4.23. The molecule has 0 aliphatic carbocycles. The van der Waals surface area contributed by atoms with Crippen LogP contribution in [0.4, 0.5) is 10.1 Å². The van der Waals surface area contributed by atoms with Gasteiger partial charge in [-0.2, -0.15) is 0 Å². The van der Waals surface area contributed by atoms with E-state index in [0.717, 1.165) is 37.4 Å². The molecule has 2 aliphatic heterocycles. The van der Waals surface area contributed by atoms with Gasteiger partial charge in [-0.25, -0.2) is 14.0 Å². The summed E-state index contributed by atoms with van der Waals surface area (Å²) in [6.07, 6.45) is 4.80. The van der Waals surface area contributed by atoms with Crippen LogP contribution in [0.15, 0.2) is 60.7 Å². The first-order valence-electron chi connectivity index (χ1n) is 11.2. The summed E-state index contributed by atoms with van der Waals surface area (Å²) < 4.78 is 20.0. The van der Waals surface area contributed by atoms with Gasteiger partial charge in [0.05, 0.1) is 11.1 Å². The first-order chi connectivity index (χ1) is 16.9. The summed E-state index contributed by atoms with van der Waals surface area (Å²) in [6, 6.07) is 10.3. The van der Waals surface area contributed by atoms with Crippen LogP contribution in [0.5, 0.6) is 5.88 Å². The number of hydrogen-bond acceptors (Lipinski definition) is 6. The van der Waals surface area contributed by atoms with E-state index < -0.39 is 23.7 Å². The third-order valence-corrected chi connectivity index (χ3v) is 6.04. The van der Waals surface area contributed by atoms with Crippen molar-refractivity contribution in [1.82, 2.24) is 9.63 Å². The van der Waals surface area contributed by atoms with Gasteiger partial charge < -0.3 is 14.9 Å². The van der Waals surface area contributed by atoms with Gasteiger partial charge in [0.15, 0.2) is 0 Å². The molecule has 9 heteroatoms. The molecule has 35 heavy (non-hydrogen) atoms. The number of anilines is 1. The average Bonchev–Trinajstić information content (AvgIpc) is 3.13. The Hall–Kier alpha value is -4.24. The minimum absolute atomic E-state index is 0.112. The summed E-state index contributed by atoms with van der Waals surface area (Å²) in [5.74, 6) is -2.13. The van der Waals surface area contributed by atoms with Crippen LogP contribution < -0.4 is 14.9 Å². The Morgan fingerprint density at radius 1 is 1.09 bits per heavy atom. The summed E-state index contributed by atoms with van der Waals surface area (Å²) >= 11 is 0. The molecule has 3 aromatic rings. The third-order valence-electron chi connectivity index (χ3n) is 6.04. The minimum Gasteiger partial charge on any atom is -0.402 e. The van der Waals surface area contributed by atoms with E-state index in [4.69, 9.17) is 9.57 Å². The van der Waals surface area contributed by atoms with E-state index in [1.807, 2.05) is 0 Å². The molecule has 1 N–H and O–H groups in total. The highest BCUT2D eigenvalue weighted by Gasteiger charge is 2.28. The van der Waals surface area contributed by atoms with Crippen molar-refractivity contribution in [2.45, 2.75) is 13.3 Å². The SMILES string of the molecule is CCN1CC=C(c2c3n(c4ccc(NC(=O)c5ccc(F)cc5)cc24)OC(=O)/C=C/C(=O)O3)CC1. The smallest absolute Gasteiger partial charge is 0.356 e. The molecule has 2 aromatic carbocycles. The van der Waals surface area contributed by atoms with Crippen molar-refractivity contribution in [3.05, 3.63) is 77.6 Å². The molecule has 0 fully saturated rings. The summed E-state index contributed by atoms with van der Waals surface area (Å²) in [7, 11) is 0. The van der Waals surface area contributed by atoms with Gasteiger partial charge in [-0.3, -0.25) is 9.69 Å². The van der Waals surface area contributed by atoms with Gasteiger partial charge in [-0.1, -0.05) is 13.0 Å². The number of nitrogens with zero attached hydrogens (tertiary/aromatic N) is 2. The molecule has 1 amide bonds. The Balaban J connectivity index is 1.61. The lowest BCUT2D eigenvalue weighted by atomic mass is 9.98. The Kier molecular flexibility index (Phi) is 5.92. The number of esters is 1. The second-order valence-corrected chi connectivity index (χ2v) is 8.20. The molecule has 5 rings (SSSR count). The fraction of sp³-hybridized carbons (Fsp3) is 0.192. The summed E-state index contributed by atoms with van der Waals surface area (Å²) in [4.78, 5) is 44.9.